The van der Waals surface area contributed by atoms with Gasteiger partial charge in [0.05, 0.1) is 24.0 Å². The second-order valence-corrected chi connectivity index (χ2v) is 6.63. The number of nitrogens with zero attached hydrogens (tertiary/aromatic N) is 3. The number of carbonyl (C=O) groups excluding carboxylic acids is 2. The quantitative estimate of drug-likeness (QED) is 0.472. The van der Waals surface area contributed by atoms with Gasteiger partial charge in [-0.25, -0.2) is 4.98 Å². The van der Waals surface area contributed by atoms with E-state index in [1.54, 1.807) is 13.1 Å². The SMILES string of the molecule is Cn1nc(C(=O)NCc2nc3ccccc3[nH]2)cc1NC(=O)Cc1ccccc1. The molecule has 8 heteroatoms. The smallest absolute Gasteiger partial charge is 0.272 e. The minimum Gasteiger partial charge on any atom is -0.343 e. The Kier molecular flexibility index (Phi) is 5.07. The number of hydrogen-bond acceptors (Lipinski definition) is 4. The van der Waals surface area contributed by atoms with E-state index in [0.717, 1.165) is 16.6 Å². The van der Waals surface area contributed by atoms with Gasteiger partial charge in [-0.05, 0) is 17.7 Å². The lowest BCUT2D eigenvalue weighted by Gasteiger charge is -2.04. The van der Waals surface area contributed by atoms with E-state index in [1.807, 2.05) is 54.6 Å². The molecule has 0 atom stereocenters. The predicted octanol–water partition coefficient (Wildman–Crippen LogP) is 2.41. The van der Waals surface area contributed by atoms with Crippen LogP contribution in [0.2, 0.25) is 0 Å². The summed E-state index contributed by atoms with van der Waals surface area (Å²) < 4.78 is 1.47. The lowest BCUT2D eigenvalue weighted by atomic mass is 10.1. The molecule has 0 bridgehead atoms. The molecular weight excluding hydrogens is 368 g/mol. The lowest BCUT2D eigenvalue weighted by molar-refractivity contribution is -0.115. The Morgan fingerprint density at radius 2 is 1.83 bits per heavy atom. The van der Waals surface area contributed by atoms with Crippen LogP contribution in [-0.4, -0.2) is 31.6 Å². The molecule has 0 saturated heterocycles. The number of para-hydroxylation sites is 2. The van der Waals surface area contributed by atoms with Crippen molar-refractivity contribution in [2.75, 3.05) is 5.32 Å². The Balaban J connectivity index is 1.37. The number of rotatable bonds is 6. The fourth-order valence-corrected chi connectivity index (χ4v) is 3.01. The molecule has 0 radical (unpaired) electrons. The third-order valence-corrected chi connectivity index (χ3v) is 4.44. The number of H-pyrrole nitrogens is 1. The van der Waals surface area contributed by atoms with Gasteiger partial charge in [0.1, 0.15) is 11.6 Å². The monoisotopic (exact) mass is 388 g/mol. The molecule has 0 unspecified atom stereocenters. The third kappa shape index (κ3) is 4.32. The average Bonchev–Trinajstić information content (AvgIpc) is 3.30. The van der Waals surface area contributed by atoms with Gasteiger partial charge in [0, 0.05) is 13.1 Å². The third-order valence-electron chi connectivity index (χ3n) is 4.44. The van der Waals surface area contributed by atoms with E-state index in [9.17, 15) is 9.59 Å². The number of benzene rings is 2. The molecule has 8 nitrogen and oxygen atoms in total. The fourth-order valence-electron chi connectivity index (χ4n) is 3.01. The summed E-state index contributed by atoms with van der Waals surface area (Å²) in [4.78, 5) is 32.3. The highest BCUT2D eigenvalue weighted by Gasteiger charge is 2.15. The van der Waals surface area contributed by atoms with Crippen LogP contribution in [0.4, 0.5) is 5.82 Å². The number of imidazole rings is 1. The summed E-state index contributed by atoms with van der Waals surface area (Å²) in [5.41, 5.74) is 2.89. The Hall–Kier alpha value is -3.94. The Bertz CT molecular complexity index is 1130. The minimum absolute atomic E-state index is 0.173. The molecular formula is C21H20N6O2. The van der Waals surface area contributed by atoms with Gasteiger partial charge in [-0.15, -0.1) is 0 Å². The van der Waals surface area contributed by atoms with E-state index < -0.39 is 0 Å². The maximum absolute atomic E-state index is 12.4. The van der Waals surface area contributed by atoms with Crippen molar-refractivity contribution >= 4 is 28.7 Å². The topological polar surface area (TPSA) is 105 Å². The summed E-state index contributed by atoms with van der Waals surface area (Å²) in [6.45, 7) is 0.250. The molecule has 0 aliphatic rings. The Morgan fingerprint density at radius 3 is 2.62 bits per heavy atom. The predicted molar refractivity (Wildman–Crippen MR) is 109 cm³/mol. The molecule has 2 heterocycles. The zero-order chi connectivity index (χ0) is 20.2. The maximum Gasteiger partial charge on any atom is 0.272 e. The van der Waals surface area contributed by atoms with Crippen molar-refractivity contribution < 1.29 is 9.59 Å². The first kappa shape index (κ1) is 18.4. The normalized spacial score (nSPS) is 10.8. The first-order valence-corrected chi connectivity index (χ1v) is 9.18. The van der Waals surface area contributed by atoms with Gasteiger partial charge in [0.25, 0.3) is 5.91 Å². The summed E-state index contributed by atoms with van der Waals surface area (Å²) >= 11 is 0. The molecule has 0 aliphatic carbocycles. The summed E-state index contributed by atoms with van der Waals surface area (Å²) in [5.74, 6) is 0.602. The highest BCUT2D eigenvalue weighted by Crippen LogP contribution is 2.12. The van der Waals surface area contributed by atoms with Crippen LogP contribution in [-0.2, 0) is 24.8 Å². The molecule has 4 rings (SSSR count). The second kappa shape index (κ2) is 7.97. The largest absolute Gasteiger partial charge is 0.343 e. The van der Waals surface area contributed by atoms with Crippen molar-refractivity contribution in [3.63, 3.8) is 0 Å². The van der Waals surface area contributed by atoms with Gasteiger partial charge in [-0.1, -0.05) is 42.5 Å². The molecule has 3 N–H and O–H groups in total. The van der Waals surface area contributed by atoms with Gasteiger partial charge < -0.3 is 15.6 Å². The van der Waals surface area contributed by atoms with Crippen molar-refractivity contribution in [3.8, 4) is 0 Å². The van der Waals surface area contributed by atoms with Gasteiger partial charge in [0.15, 0.2) is 5.69 Å². The number of anilines is 1. The van der Waals surface area contributed by atoms with Gasteiger partial charge in [-0.2, -0.15) is 5.10 Å². The zero-order valence-electron chi connectivity index (χ0n) is 15.8. The molecule has 0 aliphatic heterocycles. The van der Waals surface area contributed by atoms with Crippen LogP contribution in [0.25, 0.3) is 11.0 Å². The number of aromatic nitrogens is 4. The van der Waals surface area contributed by atoms with Crippen LogP contribution >= 0.6 is 0 Å². The number of fused-ring (bicyclic) bond motifs is 1. The van der Waals surface area contributed by atoms with Crippen molar-refractivity contribution in [2.45, 2.75) is 13.0 Å². The van der Waals surface area contributed by atoms with E-state index in [1.165, 1.54) is 4.68 Å². The highest BCUT2D eigenvalue weighted by molar-refractivity contribution is 5.96. The molecule has 4 aromatic rings. The van der Waals surface area contributed by atoms with Crippen LogP contribution in [0.15, 0.2) is 60.7 Å². The average molecular weight is 388 g/mol. The Labute approximate surface area is 167 Å². The number of hydrogen-bond donors (Lipinski definition) is 3. The van der Waals surface area contributed by atoms with E-state index in [-0.39, 0.29) is 30.5 Å². The van der Waals surface area contributed by atoms with E-state index in [0.29, 0.717) is 11.6 Å². The zero-order valence-corrected chi connectivity index (χ0v) is 15.8. The van der Waals surface area contributed by atoms with E-state index in [4.69, 9.17) is 0 Å². The Morgan fingerprint density at radius 1 is 1.07 bits per heavy atom. The number of aryl methyl sites for hydroxylation is 1. The molecule has 2 aromatic heterocycles. The van der Waals surface area contributed by atoms with Gasteiger partial charge in [-0.3, -0.25) is 14.3 Å². The summed E-state index contributed by atoms with van der Waals surface area (Å²) in [6.07, 6.45) is 0.250. The van der Waals surface area contributed by atoms with E-state index >= 15 is 0 Å². The first-order valence-electron chi connectivity index (χ1n) is 9.18. The van der Waals surface area contributed by atoms with Crippen LogP contribution in [0.5, 0.6) is 0 Å². The molecule has 2 aromatic carbocycles. The molecule has 146 valence electrons. The molecule has 0 saturated carbocycles. The minimum atomic E-state index is -0.343. The van der Waals surface area contributed by atoms with Crippen molar-refractivity contribution in [1.29, 1.82) is 0 Å². The second-order valence-electron chi connectivity index (χ2n) is 6.63. The summed E-state index contributed by atoms with van der Waals surface area (Å²) in [7, 11) is 1.67. The van der Waals surface area contributed by atoms with Crippen LogP contribution in [0.3, 0.4) is 0 Å². The van der Waals surface area contributed by atoms with Gasteiger partial charge in [0.2, 0.25) is 5.91 Å². The molecule has 0 spiro atoms. The summed E-state index contributed by atoms with van der Waals surface area (Å²) in [6, 6.07) is 18.7. The fraction of sp³-hybridized carbons (Fsp3) is 0.143. The highest BCUT2D eigenvalue weighted by atomic mass is 16.2. The lowest BCUT2D eigenvalue weighted by Crippen LogP contribution is -2.24. The summed E-state index contributed by atoms with van der Waals surface area (Å²) in [5, 5.41) is 9.76. The van der Waals surface area contributed by atoms with Crippen molar-refractivity contribution in [1.82, 2.24) is 25.1 Å². The first-order chi connectivity index (χ1) is 14.1. The van der Waals surface area contributed by atoms with Crippen LogP contribution in [0, 0.1) is 0 Å². The van der Waals surface area contributed by atoms with Crippen molar-refractivity contribution in [3.05, 3.63) is 77.7 Å². The maximum atomic E-state index is 12.4. The van der Waals surface area contributed by atoms with Crippen molar-refractivity contribution in [2.24, 2.45) is 7.05 Å². The van der Waals surface area contributed by atoms with Gasteiger partial charge >= 0.3 is 0 Å². The molecule has 0 fully saturated rings. The standard InChI is InChI=1S/C21H20N6O2/c1-27-19(25-20(28)11-14-7-3-2-4-8-14)12-17(26-27)21(29)22-13-18-23-15-9-5-6-10-16(15)24-18/h2-10,12H,11,13H2,1H3,(H,22,29)(H,23,24)(H,25,28). The molecule has 29 heavy (non-hydrogen) atoms. The number of aromatic amines is 1. The number of amides is 2. The van der Waals surface area contributed by atoms with Crippen LogP contribution in [0.1, 0.15) is 21.9 Å². The number of carbonyl (C=O) groups is 2. The van der Waals surface area contributed by atoms with Crippen LogP contribution < -0.4 is 10.6 Å². The van der Waals surface area contributed by atoms with E-state index in [2.05, 4.69) is 25.7 Å². The molecule has 2 amide bonds. The number of nitrogens with one attached hydrogen (secondary N) is 3.